The number of alkyl halides is 1. The zero-order valence-corrected chi connectivity index (χ0v) is 16.9. The van der Waals surface area contributed by atoms with Gasteiger partial charge in [-0.15, -0.1) is 11.6 Å². The normalized spacial score (nSPS) is 16.0. The van der Waals surface area contributed by atoms with Gasteiger partial charge in [-0.3, -0.25) is 4.79 Å². The number of halogens is 2. The van der Waals surface area contributed by atoms with E-state index in [1.54, 1.807) is 12.1 Å². The molecule has 2 aromatic carbocycles. The monoisotopic (exact) mass is 413 g/mol. The number of nitrogens with one attached hydrogen (secondary N) is 2. The summed E-state index contributed by atoms with van der Waals surface area (Å²) in [4.78, 5) is 15.7. The SMILES string of the molecule is NC(CC[C@H](Cl)CNC(=O)c1cc2ccc(-c3ccc(F)cc3)cc2[nH]1)C1CC1. The van der Waals surface area contributed by atoms with Gasteiger partial charge in [-0.05, 0) is 67.0 Å². The van der Waals surface area contributed by atoms with Crippen molar-refractivity contribution in [3.05, 3.63) is 60.0 Å². The van der Waals surface area contributed by atoms with E-state index in [-0.39, 0.29) is 23.1 Å². The Labute approximate surface area is 174 Å². The number of fused-ring (bicyclic) bond motifs is 1. The van der Waals surface area contributed by atoms with Crippen LogP contribution >= 0.6 is 11.6 Å². The first-order chi connectivity index (χ1) is 14.0. The van der Waals surface area contributed by atoms with Crippen LogP contribution in [0.15, 0.2) is 48.5 Å². The van der Waals surface area contributed by atoms with E-state index in [1.807, 2.05) is 24.3 Å². The molecule has 1 saturated carbocycles. The van der Waals surface area contributed by atoms with Crippen molar-refractivity contribution >= 4 is 28.4 Å². The maximum Gasteiger partial charge on any atom is 0.267 e. The molecule has 4 N–H and O–H groups in total. The van der Waals surface area contributed by atoms with Crippen LogP contribution in [0.4, 0.5) is 4.39 Å². The van der Waals surface area contributed by atoms with E-state index in [4.69, 9.17) is 17.3 Å². The molecule has 3 aromatic rings. The molecule has 152 valence electrons. The minimum absolute atomic E-state index is 0.127. The number of carbonyl (C=O) groups is 1. The van der Waals surface area contributed by atoms with Gasteiger partial charge in [-0.1, -0.05) is 24.3 Å². The lowest BCUT2D eigenvalue weighted by Gasteiger charge is -2.14. The predicted molar refractivity (Wildman–Crippen MR) is 116 cm³/mol. The quantitative estimate of drug-likeness (QED) is 0.463. The fourth-order valence-corrected chi connectivity index (χ4v) is 3.81. The Morgan fingerprint density at radius 3 is 2.59 bits per heavy atom. The van der Waals surface area contributed by atoms with E-state index < -0.39 is 0 Å². The first-order valence-corrected chi connectivity index (χ1v) is 10.5. The molecule has 0 aliphatic heterocycles. The third-order valence-corrected chi connectivity index (χ3v) is 5.94. The molecule has 4 nitrogen and oxygen atoms in total. The number of rotatable bonds is 8. The Balaban J connectivity index is 1.36. The fourth-order valence-electron chi connectivity index (χ4n) is 3.61. The van der Waals surface area contributed by atoms with Gasteiger partial charge in [-0.25, -0.2) is 4.39 Å². The van der Waals surface area contributed by atoms with Crippen molar-refractivity contribution in [3.8, 4) is 11.1 Å². The Kier molecular flexibility index (Phi) is 5.88. The summed E-state index contributed by atoms with van der Waals surface area (Å²) in [5.41, 5.74) is 9.34. The number of aromatic nitrogens is 1. The van der Waals surface area contributed by atoms with Gasteiger partial charge >= 0.3 is 0 Å². The lowest BCUT2D eigenvalue weighted by atomic mass is 10.0. The molecule has 1 fully saturated rings. The highest BCUT2D eigenvalue weighted by Crippen LogP contribution is 2.33. The number of amides is 1. The maximum absolute atomic E-state index is 13.1. The van der Waals surface area contributed by atoms with Crippen LogP contribution in [0.5, 0.6) is 0 Å². The van der Waals surface area contributed by atoms with Crippen LogP contribution in [0, 0.1) is 11.7 Å². The van der Waals surface area contributed by atoms with Crippen LogP contribution in [0.3, 0.4) is 0 Å². The number of carbonyl (C=O) groups excluding carboxylic acids is 1. The van der Waals surface area contributed by atoms with E-state index >= 15 is 0 Å². The van der Waals surface area contributed by atoms with Crippen LogP contribution in [0.1, 0.15) is 36.2 Å². The molecule has 0 radical (unpaired) electrons. The zero-order chi connectivity index (χ0) is 20.4. The zero-order valence-electron chi connectivity index (χ0n) is 16.1. The summed E-state index contributed by atoms with van der Waals surface area (Å²) in [6.07, 6.45) is 4.16. The van der Waals surface area contributed by atoms with Crippen molar-refractivity contribution in [1.29, 1.82) is 0 Å². The van der Waals surface area contributed by atoms with Crippen LogP contribution in [-0.4, -0.2) is 28.9 Å². The van der Waals surface area contributed by atoms with Crippen molar-refractivity contribution in [1.82, 2.24) is 10.3 Å². The summed E-state index contributed by atoms with van der Waals surface area (Å²) >= 11 is 6.35. The van der Waals surface area contributed by atoms with Gasteiger partial charge in [0.05, 0.1) is 5.38 Å². The Morgan fingerprint density at radius 2 is 1.86 bits per heavy atom. The third kappa shape index (κ3) is 4.98. The molecule has 0 bridgehead atoms. The molecule has 1 aliphatic rings. The minimum atomic E-state index is -0.263. The maximum atomic E-state index is 13.1. The Hall–Kier alpha value is -2.37. The smallest absolute Gasteiger partial charge is 0.267 e. The lowest BCUT2D eigenvalue weighted by Crippen LogP contribution is -2.31. The Bertz CT molecular complexity index is 997. The number of hydrogen-bond donors (Lipinski definition) is 3. The topological polar surface area (TPSA) is 70.9 Å². The van der Waals surface area contributed by atoms with Gasteiger partial charge in [0, 0.05) is 23.5 Å². The predicted octanol–water partition coefficient (Wildman–Crippen LogP) is 4.83. The molecule has 0 spiro atoms. The van der Waals surface area contributed by atoms with Crippen molar-refractivity contribution < 1.29 is 9.18 Å². The standard InChI is InChI=1S/C23H25ClFN3O/c24-18(7-10-20(26)15-1-2-15)13-27-23(29)22-12-17-4-3-16(11-21(17)28-22)14-5-8-19(25)9-6-14/h3-6,8-9,11-12,15,18,20,28H,1-2,7,10,13,26H2,(H,27,29)/t18-,20?/m0/s1. The van der Waals surface area contributed by atoms with E-state index in [9.17, 15) is 9.18 Å². The van der Waals surface area contributed by atoms with Crippen LogP contribution in [0.2, 0.25) is 0 Å². The number of nitrogens with two attached hydrogens (primary N) is 1. The molecule has 1 aromatic heterocycles. The average Bonchev–Trinajstić information content (AvgIpc) is 3.49. The fraction of sp³-hybridized carbons (Fsp3) is 0.348. The largest absolute Gasteiger partial charge is 0.351 e. The van der Waals surface area contributed by atoms with Gasteiger partial charge in [0.25, 0.3) is 5.91 Å². The highest BCUT2D eigenvalue weighted by atomic mass is 35.5. The second-order valence-corrected chi connectivity index (χ2v) is 8.50. The molecular weight excluding hydrogens is 389 g/mol. The van der Waals surface area contributed by atoms with Crippen LogP contribution in [0.25, 0.3) is 22.0 Å². The molecule has 1 amide bonds. The summed E-state index contributed by atoms with van der Waals surface area (Å²) in [5.74, 6) is 0.224. The van der Waals surface area contributed by atoms with Gasteiger partial charge in [-0.2, -0.15) is 0 Å². The summed E-state index contributed by atoms with van der Waals surface area (Å²) < 4.78 is 13.1. The molecule has 2 atom stereocenters. The second kappa shape index (κ2) is 8.56. The van der Waals surface area contributed by atoms with Gasteiger partial charge in [0.1, 0.15) is 11.5 Å². The first-order valence-electron chi connectivity index (χ1n) is 10.1. The van der Waals surface area contributed by atoms with E-state index in [0.29, 0.717) is 18.2 Å². The molecular formula is C23H25ClFN3O. The van der Waals surface area contributed by atoms with Crippen molar-refractivity contribution in [2.75, 3.05) is 6.54 Å². The number of hydrogen-bond acceptors (Lipinski definition) is 2. The lowest BCUT2D eigenvalue weighted by molar-refractivity contribution is 0.0949. The average molecular weight is 414 g/mol. The Morgan fingerprint density at radius 1 is 1.14 bits per heavy atom. The van der Waals surface area contributed by atoms with E-state index in [1.165, 1.54) is 25.0 Å². The van der Waals surface area contributed by atoms with E-state index in [2.05, 4.69) is 10.3 Å². The van der Waals surface area contributed by atoms with Crippen LogP contribution in [-0.2, 0) is 0 Å². The third-order valence-electron chi connectivity index (χ3n) is 5.57. The van der Waals surface area contributed by atoms with Crippen molar-refractivity contribution in [3.63, 3.8) is 0 Å². The van der Waals surface area contributed by atoms with E-state index in [0.717, 1.165) is 34.9 Å². The summed E-state index contributed by atoms with van der Waals surface area (Å²) in [6, 6.07) is 14.3. The highest BCUT2D eigenvalue weighted by Gasteiger charge is 2.28. The molecule has 6 heteroatoms. The molecule has 1 heterocycles. The molecule has 29 heavy (non-hydrogen) atoms. The molecule has 0 saturated heterocycles. The van der Waals surface area contributed by atoms with Gasteiger partial charge < -0.3 is 16.0 Å². The van der Waals surface area contributed by atoms with Gasteiger partial charge in [0.15, 0.2) is 0 Å². The summed E-state index contributed by atoms with van der Waals surface area (Å²) in [6.45, 7) is 0.411. The first kappa shape index (κ1) is 19.9. The summed E-state index contributed by atoms with van der Waals surface area (Å²) in [5, 5.41) is 3.71. The molecule has 1 unspecified atom stereocenters. The van der Waals surface area contributed by atoms with Gasteiger partial charge in [0.2, 0.25) is 0 Å². The van der Waals surface area contributed by atoms with Crippen LogP contribution < -0.4 is 11.1 Å². The number of H-pyrrole nitrogens is 1. The molecule has 1 aliphatic carbocycles. The summed E-state index contributed by atoms with van der Waals surface area (Å²) in [7, 11) is 0. The number of aromatic amines is 1. The minimum Gasteiger partial charge on any atom is -0.351 e. The molecule has 4 rings (SSSR count). The second-order valence-electron chi connectivity index (χ2n) is 7.88. The number of benzene rings is 2. The highest BCUT2D eigenvalue weighted by molar-refractivity contribution is 6.21. The van der Waals surface area contributed by atoms with Crippen molar-refractivity contribution in [2.45, 2.75) is 37.1 Å². The van der Waals surface area contributed by atoms with Crippen molar-refractivity contribution in [2.24, 2.45) is 11.7 Å².